The fourth-order valence-electron chi connectivity index (χ4n) is 4.45. The topological polar surface area (TPSA) is 79.7 Å². The van der Waals surface area contributed by atoms with Crippen molar-refractivity contribution in [2.45, 2.75) is 25.5 Å². The van der Waals surface area contributed by atoms with Crippen LogP contribution in [0.4, 0.5) is 5.69 Å². The quantitative estimate of drug-likeness (QED) is 0.323. The van der Waals surface area contributed by atoms with Crippen LogP contribution >= 0.6 is 0 Å². The standard InChI is InChI=1S/C31H26N2O4/c34-27(19-14-22-9-3-1-4-10-22)28-29(26-13-7-8-20-32-26)33(31(36)30(28)35)24-15-17-25(18-16-24)37-21-23-11-5-2-6-12-23/h1-13,15-18,20,29,35H,14,19,21H2. The Morgan fingerprint density at radius 3 is 2.14 bits per heavy atom. The van der Waals surface area contributed by atoms with Gasteiger partial charge in [-0.05, 0) is 53.9 Å². The fraction of sp³-hybridized carbons (Fsp3) is 0.129. The molecule has 1 aliphatic heterocycles. The largest absolute Gasteiger partial charge is 0.503 e. The summed E-state index contributed by atoms with van der Waals surface area (Å²) in [5.41, 5.74) is 3.17. The number of carbonyl (C=O) groups excluding carboxylic acids is 2. The van der Waals surface area contributed by atoms with Crippen LogP contribution in [0.2, 0.25) is 0 Å². The molecule has 1 unspecified atom stereocenters. The summed E-state index contributed by atoms with van der Waals surface area (Å²) in [4.78, 5) is 32.5. The van der Waals surface area contributed by atoms with Crippen LogP contribution in [-0.4, -0.2) is 21.8 Å². The van der Waals surface area contributed by atoms with Crippen molar-refractivity contribution in [2.24, 2.45) is 0 Å². The van der Waals surface area contributed by atoms with E-state index in [1.165, 1.54) is 4.90 Å². The van der Waals surface area contributed by atoms with Gasteiger partial charge in [-0.1, -0.05) is 66.7 Å². The average Bonchev–Trinajstić information content (AvgIpc) is 3.22. The van der Waals surface area contributed by atoms with Crippen molar-refractivity contribution < 1.29 is 19.4 Å². The molecule has 0 saturated heterocycles. The zero-order valence-electron chi connectivity index (χ0n) is 20.2. The number of aliphatic hydroxyl groups is 1. The molecule has 4 aromatic rings. The average molecular weight is 491 g/mol. The number of aromatic nitrogens is 1. The molecular weight excluding hydrogens is 464 g/mol. The first-order chi connectivity index (χ1) is 18.1. The minimum absolute atomic E-state index is 0.0732. The molecule has 184 valence electrons. The van der Waals surface area contributed by atoms with Gasteiger partial charge in [0, 0.05) is 18.3 Å². The number of pyridine rings is 1. The Labute approximate surface area is 215 Å². The van der Waals surface area contributed by atoms with Gasteiger partial charge in [0.05, 0.1) is 11.3 Å². The van der Waals surface area contributed by atoms with Gasteiger partial charge in [0.2, 0.25) is 0 Å². The number of aliphatic hydroxyl groups excluding tert-OH is 1. The maximum absolute atomic E-state index is 13.4. The Kier molecular flexibility index (Phi) is 7.08. The van der Waals surface area contributed by atoms with Crippen LogP contribution in [0, 0.1) is 0 Å². The zero-order valence-corrected chi connectivity index (χ0v) is 20.2. The van der Waals surface area contributed by atoms with Crippen molar-refractivity contribution in [1.29, 1.82) is 0 Å². The number of carbonyl (C=O) groups is 2. The Morgan fingerprint density at radius 2 is 1.49 bits per heavy atom. The first-order valence-corrected chi connectivity index (χ1v) is 12.1. The number of hydrogen-bond donors (Lipinski definition) is 1. The minimum atomic E-state index is -0.826. The summed E-state index contributed by atoms with van der Waals surface area (Å²) in [6, 6.07) is 31.0. The maximum Gasteiger partial charge on any atom is 0.294 e. The normalized spacial score (nSPS) is 15.2. The van der Waals surface area contributed by atoms with E-state index in [9.17, 15) is 14.7 Å². The maximum atomic E-state index is 13.4. The van der Waals surface area contributed by atoms with Crippen LogP contribution in [0.5, 0.6) is 5.75 Å². The molecule has 0 aliphatic carbocycles. The van der Waals surface area contributed by atoms with E-state index < -0.39 is 17.7 Å². The summed E-state index contributed by atoms with van der Waals surface area (Å²) in [7, 11) is 0. The Bertz CT molecular complexity index is 1400. The molecule has 5 rings (SSSR count). The third kappa shape index (κ3) is 5.28. The summed E-state index contributed by atoms with van der Waals surface area (Å²) in [5.74, 6) is -0.796. The van der Waals surface area contributed by atoms with E-state index in [0.29, 0.717) is 30.2 Å². The molecule has 1 N–H and O–H groups in total. The number of anilines is 1. The Hall–Kier alpha value is -4.71. The molecule has 1 aromatic heterocycles. The number of amides is 1. The Balaban J connectivity index is 1.40. The number of aryl methyl sites for hydroxylation is 1. The third-order valence-electron chi connectivity index (χ3n) is 6.32. The third-order valence-corrected chi connectivity index (χ3v) is 6.32. The minimum Gasteiger partial charge on any atom is -0.503 e. The van der Waals surface area contributed by atoms with Gasteiger partial charge in [0.1, 0.15) is 18.4 Å². The van der Waals surface area contributed by atoms with Crippen molar-refractivity contribution in [2.75, 3.05) is 4.90 Å². The molecule has 37 heavy (non-hydrogen) atoms. The van der Waals surface area contributed by atoms with Gasteiger partial charge < -0.3 is 9.84 Å². The van der Waals surface area contributed by atoms with E-state index in [4.69, 9.17) is 4.74 Å². The highest BCUT2D eigenvalue weighted by Crippen LogP contribution is 2.41. The highest BCUT2D eigenvalue weighted by atomic mass is 16.5. The van der Waals surface area contributed by atoms with Crippen LogP contribution in [0.25, 0.3) is 0 Å². The molecule has 2 heterocycles. The molecule has 6 nitrogen and oxygen atoms in total. The van der Waals surface area contributed by atoms with Crippen molar-refractivity contribution in [1.82, 2.24) is 4.98 Å². The van der Waals surface area contributed by atoms with Crippen molar-refractivity contribution in [3.8, 4) is 5.75 Å². The smallest absolute Gasteiger partial charge is 0.294 e. The number of rotatable bonds is 9. The van der Waals surface area contributed by atoms with Gasteiger partial charge in [-0.25, -0.2) is 0 Å². The van der Waals surface area contributed by atoms with Crippen molar-refractivity contribution in [3.63, 3.8) is 0 Å². The van der Waals surface area contributed by atoms with Crippen LogP contribution < -0.4 is 9.64 Å². The summed E-state index contributed by atoms with van der Waals surface area (Å²) < 4.78 is 5.87. The number of ketones is 1. The lowest BCUT2D eigenvalue weighted by molar-refractivity contribution is -0.118. The fourth-order valence-corrected chi connectivity index (χ4v) is 4.45. The van der Waals surface area contributed by atoms with E-state index >= 15 is 0 Å². The van der Waals surface area contributed by atoms with E-state index in [1.54, 1.807) is 48.7 Å². The summed E-state index contributed by atoms with van der Waals surface area (Å²) in [6.45, 7) is 0.418. The van der Waals surface area contributed by atoms with E-state index in [2.05, 4.69) is 4.98 Å². The first kappa shape index (κ1) is 24.0. The van der Waals surface area contributed by atoms with Crippen LogP contribution in [-0.2, 0) is 22.6 Å². The molecule has 6 heteroatoms. The van der Waals surface area contributed by atoms with Crippen molar-refractivity contribution >= 4 is 17.4 Å². The highest BCUT2D eigenvalue weighted by Gasteiger charge is 2.44. The SMILES string of the molecule is O=C(CCc1ccccc1)C1=C(O)C(=O)N(c2ccc(OCc3ccccc3)cc2)C1c1ccccn1. The van der Waals surface area contributed by atoms with Crippen LogP contribution in [0.3, 0.4) is 0 Å². The van der Waals surface area contributed by atoms with Crippen molar-refractivity contribution in [3.05, 3.63) is 137 Å². The molecular formula is C31H26N2O4. The first-order valence-electron chi connectivity index (χ1n) is 12.1. The monoisotopic (exact) mass is 490 g/mol. The molecule has 0 bridgehead atoms. The predicted octanol–water partition coefficient (Wildman–Crippen LogP) is 5.76. The highest BCUT2D eigenvalue weighted by molar-refractivity contribution is 6.16. The number of hydrogen-bond acceptors (Lipinski definition) is 5. The van der Waals surface area contributed by atoms with E-state index in [0.717, 1.165) is 11.1 Å². The second kappa shape index (κ2) is 10.9. The number of Topliss-reactive ketones (excluding diaryl/α,β-unsaturated/α-hetero) is 1. The molecule has 1 atom stereocenters. The number of nitrogens with zero attached hydrogens (tertiary/aromatic N) is 2. The molecule has 1 amide bonds. The van der Waals surface area contributed by atoms with Crippen LogP contribution in [0.1, 0.15) is 29.3 Å². The molecule has 3 aromatic carbocycles. The lowest BCUT2D eigenvalue weighted by atomic mass is 9.95. The summed E-state index contributed by atoms with van der Waals surface area (Å²) in [6.07, 6.45) is 2.28. The molecule has 1 aliphatic rings. The number of ether oxygens (including phenoxy) is 1. The van der Waals surface area contributed by atoms with Gasteiger partial charge in [-0.15, -0.1) is 0 Å². The van der Waals surface area contributed by atoms with Gasteiger partial charge in [0.25, 0.3) is 5.91 Å². The molecule has 0 spiro atoms. The summed E-state index contributed by atoms with van der Waals surface area (Å²) >= 11 is 0. The van der Waals surface area contributed by atoms with E-state index in [-0.39, 0.29) is 17.8 Å². The second-order valence-corrected chi connectivity index (χ2v) is 8.77. The molecule has 0 fully saturated rings. The number of benzene rings is 3. The lowest BCUT2D eigenvalue weighted by Crippen LogP contribution is -2.31. The predicted molar refractivity (Wildman–Crippen MR) is 141 cm³/mol. The van der Waals surface area contributed by atoms with E-state index in [1.807, 2.05) is 60.7 Å². The zero-order chi connectivity index (χ0) is 25.6. The van der Waals surface area contributed by atoms with Crippen LogP contribution in [0.15, 0.2) is 121 Å². The molecule has 0 saturated carbocycles. The second-order valence-electron chi connectivity index (χ2n) is 8.77. The Morgan fingerprint density at radius 1 is 0.838 bits per heavy atom. The van der Waals surface area contributed by atoms with Gasteiger partial charge in [-0.2, -0.15) is 0 Å². The van der Waals surface area contributed by atoms with Gasteiger partial charge in [0.15, 0.2) is 11.5 Å². The summed E-state index contributed by atoms with van der Waals surface area (Å²) in [5, 5.41) is 10.9. The van der Waals surface area contributed by atoms with Gasteiger partial charge in [-0.3, -0.25) is 19.5 Å². The lowest BCUT2D eigenvalue weighted by Gasteiger charge is -2.26. The molecule has 0 radical (unpaired) electrons. The van der Waals surface area contributed by atoms with Gasteiger partial charge >= 0.3 is 0 Å².